The third-order valence-corrected chi connectivity index (χ3v) is 4.16. The first-order chi connectivity index (χ1) is 10.2. The number of aromatic nitrogens is 3. The average Bonchev–Trinajstić information content (AvgIpc) is 3.20. The monoisotopic (exact) mass is 283 g/mol. The van der Waals surface area contributed by atoms with Gasteiger partial charge in [-0.2, -0.15) is 0 Å². The lowest BCUT2D eigenvalue weighted by molar-refractivity contribution is 0.391. The zero-order chi connectivity index (χ0) is 14.6. The summed E-state index contributed by atoms with van der Waals surface area (Å²) < 4.78 is 12.8. The van der Waals surface area contributed by atoms with E-state index in [1.54, 1.807) is 7.11 Å². The fourth-order valence-electron chi connectivity index (χ4n) is 2.83. The predicted molar refractivity (Wildman–Crippen MR) is 79.5 cm³/mol. The van der Waals surface area contributed by atoms with Crippen LogP contribution in [0.4, 0.5) is 0 Å². The van der Waals surface area contributed by atoms with Crippen molar-refractivity contribution >= 4 is 11.0 Å². The number of aryl methyl sites for hydroxylation is 2. The Bertz CT molecular complexity index is 828. The molecule has 0 bridgehead atoms. The first-order valence-corrected chi connectivity index (χ1v) is 7.16. The van der Waals surface area contributed by atoms with Crippen molar-refractivity contribution in [3.63, 3.8) is 0 Å². The molecule has 1 aliphatic carbocycles. The molecule has 3 aromatic rings. The molecule has 1 fully saturated rings. The van der Waals surface area contributed by atoms with Crippen molar-refractivity contribution in [1.29, 1.82) is 0 Å². The lowest BCUT2D eigenvalue weighted by atomic mass is 10.1. The Morgan fingerprint density at radius 1 is 1.33 bits per heavy atom. The van der Waals surface area contributed by atoms with E-state index >= 15 is 0 Å². The van der Waals surface area contributed by atoms with Crippen molar-refractivity contribution in [1.82, 2.24) is 14.7 Å². The molecule has 1 aromatic carbocycles. The van der Waals surface area contributed by atoms with E-state index in [4.69, 9.17) is 14.2 Å². The average molecular weight is 283 g/mol. The number of imidazole rings is 1. The summed E-state index contributed by atoms with van der Waals surface area (Å²) in [6.07, 6.45) is 2.38. The molecule has 0 unspecified atom stereocenters. The summed E-state index contributed by atoms with van der Waals surface area (Å²) in [6.45, 7) is 1.95. The SMILES string of the molecule is COc1ccc2c(c1)nc(-c1c(C3CC3)noc1C)n2C. The lowest BCUT2D eigenvalue weighted by Gasteiger charge is -2.03. The maximum Gasteiger partial charge on any atom is 0.146 e. The number of hydrogen-bond acceptors (Lipinski definition) is 4. The topological polar surface area (TPSA) is 53.1 Å². The number of benzene rings is 1. The molecule has 0 amide bonds. The minimum absolute atomic E-state index is 0.534. The number of rotatable bonds is 3. The van der Waals surface area contributed by atoms with Crippen LogP contribution in [0.2, 0.25) is 0 Å². The fourth-order valence-corrected chi connectivity index (χ4v) is 2.83. The van der Waals surface area contributed by atoms with Crippen molar-refractivity contribution in [2.75, 3.05) is 7.11 Å². The van der Waals surface area contributed by atoms with Crippen molar-refractivity contribution in [2.24, 2.45) is 7.05 Å². The van der Waals surface area contributed by atoms with Crippen molar-refractivity contribution < 1.29 is 9.26 Å². The van der Waals surface area contributed by atoms with Gasteiger partial charge in [0, 0.05) is 19.0 Å². The van der Waals surface area contributed by atoms with Crippen LogP contribution in [0.1, 0.15) is 30.2 Å². The highest BCUT2D eigenvalue weighted by Crippen LogP contribution is 2.45. The van der Waals surface area contributed by atoms with Gasteiger partial charge < -0.3 is 13.8 Å². The summed E-state index contributed by atoms with van der Waals surface area (Å²) in [7, 11) is 3.70. The Labute approximate surface area is 122 Å². The molecular formula is C16H17N3O2. The van der Waals surface area contributed by atoms with Crippen LogP contribution >= 0.6 is 0 Å². The van der Waals surface area contributed by atoms with E-state index in [0.29, 0.717) is 5.92 Å². The number of methoxy groups -OCH3 is 1. The smallest absolute Gasteiger partial charge is 0.146 e. The Morgan fingerprint density at radius 3 is 2.86 bits per heavy atom. The molecule has 0 spiro atoms. The second-order valence-corrected chi connectivity index (χ2v) is 5.62. The van der Waals surface area contributed by atoms with E-state index < -0.39 is 0 Å². The normalized spacial score (nSPS) is 14.8. The molecule has 4 rings (SSSR count). The minimum atomic E-state index is 0.534. The minimum Gasteiger partial charge on any atom is -0.497 e. The van der Waals surface area contributed by atoms with Crippen LogP contribution < -0.4 is 4.74 Å². The van der Waals surface area contributed by atoms with Gasteiger partial charge in [0.2, 0.25) is 0 Å². The second kappa shape index (κ2) is 4.35. The molecule has 0 atom stereocenters. The van der Waals surface area contributed by atoms with Gasteiger partial charge in [-0.1, -0.05) is 5.16 Å². The van der Waals surface area contributed by atoms with E-state index in [-0.39, 0.29) is 0 Å². The Balaban J connectivity index is 1.94. The highest BCUT2D eigenvalue weighted by molar-refractivity contribution is 5.82. The summed E-state index contributed by atoms with van der Waals surface area (Å²) in [5.74, 6) is 3.10. The molecule has 0 aliphatic heterocycles. The Kier molecular flexibility index (Phi) is 2.58. The first kappa shape index (κ1) is 12.4. The molecule has 21 heavy (non-hydrogen) atoms. The molecule has 1 aliphatic rings. The number of fused-ring (bicyclic) bond motifs is 1. The van der Waals surface area contributed by atoms with Gasteiger partial charge in [-0.15, -0.1) is 0 Å². The standard InChI is InChI=1S/C16H17N3O2/c1-9-14(15(18-21-9)10-4-5-10)16-17-12-8-11(20-3)6-7-13(12)19(16)2/h6-8,10H,4-5H2,1-3H3. The van der Waals surface area contributed by atoms with Crippen LogP contribution in [0.25, 0.3) is 22.4 Å². The molecule has 5 nitrogen and oxygen atoms in total. The molecule has 1 saturated carbocycles. The second-order valence-electron chi connectivity index (χ2n) is 5.62. The van der Waals surface area contributed by atoms with Crippen molar-refractivity contribution in [3.8, 4) is 17.1 Å². The van der Waals surface area contributed by atoms with Crippen LogP contribution in [0.3, 0.4) is 0 Å². The van der Waals surface area contributed by atoms with Crippen molar-refractivity contribution in [3.05, 3.63) is 29.7 Å². The lowest BCUT2D eigenvalue weighted by Crippen LogP contribution is -1.95. The third kappa shape index (κ3) is 1.84. The van der Waals surface area contributed by atoms with Gasteiger partial charge in [0.1, 0.15) is 17.3 Å². The first-order valence-electron chi connectivity index (χ1n) is 7.16. The van der Waals surface area contributed by atoms with E-state index in [2.05, 4.69) is 9.72 Å². The van der Waals surface area contributed by atoms with Crippen LogP contribution in [0.15, 0.2) is 22.7 Å². The molecule has 108 valence electrons. The van der Waals surface area contributed by atoms with Gasteiger partial charge in [0.05, 0.1) is 29.4 Å². The number of nitrogens with zero attached hydrogens (tertiary/aromatic N) is 3. The van der Waals surface area contributed by atoms with Crippen LogP contribution in [-0.4, -0.2) is 21.8 Å². The van der Waals surface area contributed by atoms with E-state index in [0.717, 1.165) is 39.6 Å². The van der Waals surface area contributed by atoms with E-state index in [1.165, 1.54) is 12.8 Å². The van der Waals surface area contributed by atoms with E-state index in [9.17, 15) is 0 Å². The zero-order valence-electron chi connectivity index (χ0n) is 12.4. The quantitative estimate of drug-likeness (QED) is 0.739. The molecular weight excluding hydrogens is 266 g/mol. The molecule has 0 radical (unpaired) electrons. The Hall–Kier alpha value is -2.30. The van der Waals surface area contributed by atoms with Crippen LogP contribution in [-0.2, 0) is 7.05 Å². The van der Waals surface area contributed by atoms with Crippen LogP contribution in [0, 0.1) is 6.92 Å². The van der Waals surface area contributed by atoms with Gasteiger partial charge in [-0.05, 0) is 31.9 Å². The number of hydrogen-bond donors (Lipinski definition) is 0. The number of ether oxygens (including phenoxy) is 1. The molecule has 0 saturated heterocycles. The zero-order valence-corrected chi connectivity index (χ0v) is 12.4. The maximum atomic E-state index is 5.42. The molecule has 5 heteroatoms. The molecule has 2 aromatic heterocycles. The summed E-state index contributed by atoms with van der Waals surface area (Å²) in [5.41, 5.74) is 4.11. The van der Waals surface area contributed by atoms with Gasteiger partial charge in [-0.3, -0.25) is 0 Å². The fraction of sp³-hybridized carbons (Fsp3) is 0.375. The maximum absolute atomic E-state index is 5.42. The van der Waals surface area contributed by atoms with E-state index in [1.807, 2.05) is 32.2 Å². The highest BCUT2D eigenvalue weighted by atomic mass is 16.5. The summed E-state index contributed by atoms with van der Waals surface area (Å²) in [4.78, 5) is 4.78. The largest absolute Gasteiger partial charge is 0.497 e. The van der Waals surface area contributed by atoms with Gasteiger partial charge >= 0.3 is 0 Å². The van der Waals surface area contributed by atoms with Gasteiger partial charge in [-0.25, -0.2) is 4.98 Å². The third-order valence-electron chi connectivity index (χ3n) is 4.16. The highest BCUT2D eigenvalue weighted by Gasteiger charge is 2.32. The van der Waals surface area contributed by atoms with Crippen LogP contribution in [0.5, 0.6) is 5.75 Å². The van der Waals surface area contributed by atoms with Crippen molar-refractivity contribution in [2.45, 2.75) is 25.7 Å². The summed E-state index contributed by atoms with van der Waals surface area (Å²) >= 11 is 0. The predicted octanol–water partition coefficient (Wildman–Crippen LogP) is 3.42. The molecule has 0 N–H and O–H groups in total. The van der Waals surface area contributed by atoms with Gasteiger partial charge in [0.15, 0.2) is 0 Å². The Morgan fingerprint density at radius 2 is 2.14 bits per heavy atom. The van der Waals surface area contributed by atoms with Gasteiger partial charge in [0.25, 0.3) is 0 Å². The molecule has 2 heterocycles. The summed E-state index contributed by atoms with van der Waals surface area (Å²) in [6, 6.07) is 5.94. The summed E-state index contributed by atoms with van der Waals surface area (Å²) in [5, 5.41) is 4.25.